The lowest BCUT2D eigenvalue weighted by molar-refractivity contribution is -0.117. The van der Waals surface area contributed by atoms with Gasteiger partial charge in [-0.25, -0.2) is 0 Å². The van der Waals surface area contributed by atoms with Crippen molar-refractivity contribution in [3.05, 3.63) is 59.7 Å². The number of hydrogen-bond acceptors (Lipinski definition) is 4. The van der Waals surface area contributed by atoms with Crippen molar-refractivity contribution < 1.29 is 9.59 Å². The third-order valence-corrected chi connectivity index (χ3v) is 5.53. The predicted molar refractivity (Wildman–Crippen MR) is 129 cm³/mol. The minimum Gasteiger partial charge on any atom is -0.377 e. The Morgan fingerprint density at radius 3 is 2.23 bits per heavy atom. The number of hydrogen-bond donors (Lipinski definition) is 2. The van der Waals surface area contributed by atoms with Gasteiger partial charge in [0.2, 0.25) is 5.91 Å². The van der Waals surface area contributed by atoms with E-state index in [4.69, 9.17) is 0 Å². The molecule has 2 rings (SSSR count). The number of anilines is 2. The van der Waals surface area contributed by atoms with Crippen molar-refractivity contribution in [2.24, 2.45) is 0 Å². The van der Waals surface area contributed by atoms with E-state index in [1.54, 1.807) is 6.07 Å². The summed E-state index contributed by atoms with van der Waals surface area (Å²) in [6.07, 6.45) is 0.699. The molecule has 0 heterocycles. The summed E-state index contributed by atoms with van der Waals surface area (Å²) in [7, 11) is 3.81. The summed E-state index contributed by atoms with van der Waals surface area (Å²) in [6.45, 7) is 9.52. The molecule has 1 unspecified atom stereocenters. The number of amides is 2. The quantitative estimate of drug-likeness (QED) is 0.573. The summed E-state index contributed by atoms with van der Waals surface area (Å²) in [5.41, 5.74) is 2.98. The fraction of sp³-hybridized carbons (Fsp3) is 0.440. The van der Waals surface area contributed by atoms with E-state index in [2.05, 4.69) is 29.4 Å². The molecule has 2 aromatic rings. The van der Waals surface area contributed by atoms with E-state index in [0.29, 0.717) is 24.2 Å². The van der Waals surface area contributed by atoms with Crippen LogP contribution in [0.4, 0.5) is 11.4 Å². The topological polar surface area (TPSA) is 64.7 Å². The van der Waals surface area contributed by atoms with Crippen molar-refractivity contribution in [3.8, 4) is 0 Å². The highest BCUT2D eigenvalue weighted by molar-refractivity contribution is 6.02. The Balaban J connectivity index is 2.16. The molecule has 6 heteroatoms. The first-order valence-electron chi connectivity index (χ1n) is 11.1. The van der Waals surface area contributed by atoms with Gasteiger partial charge in [-0.3, -0.25) is 9.59 Å². The van der Waals surface area contributed by atoms with Gasteiger partial charge in [0.05, 0.1) is 11.5 Å². The highest BCUT2D eigenvalue weighted by atomic mass is 16.2. The van der Waals surface area contributed by atoms with Gasteiger partial charge in [0.1, 0.15) is 0 Å². The lowest BCUT2D eigenvalue weighted by atomic mass is 9.95. The first-order valence-corrected chi connectivity index (χ1v) is 11.1. The molecule has 0 spiro atoms. The number of nitrogens with one attached hydrogen (secondary N) is 2. The van der Waals surface area contributed by atoms with E-state index in [1.807, 2.05) is 68.4 Å². The Hall–Kier alpha value is -2.86. The molecule has 0 aliphatic carbocycles. The van der Waals surface area contributed by atoms with Crippen LogP contribution in [0, 0.1) is 0 Å². The molecule has 0 bridgehead atoms. The van der Waals surface area contributed by atoms with Gasteiger partial charge in [-0.05, 0) is 43.3 Å². The fourth-order valence-corrected chi connectivity index (χ4v) is 3.64. The van der Waals surface area contributed by atoms with Gasteiger partial charge in [-0.1, -0.05) is 51.1 Å². The molecule has 0 aliphatic heterocycles. The number of carbonyl (C=O) groups excluding carboxylic acids is 2. The van der Waals surface area contributed by atoms with Crippen LogP contribution in [0.2, 0.25) is 0 Å². The van der Waals surface area contributed by atoms with Crippen molar-refractivity contribution in [1.29, 1.82) is 0 Å². The van der Waals surface area contributed by atoms with Gasteiger partial charge in [-0.2, -0.15) is 0 Å². The standard InChI is InChI=1S/C25H36N4O2/c1-6-21(19-12-10-9-11-13-19)25(31)27-20-14-15-23(28(4)5)22(18-20)24(30)26-16-17-29(7-2)8-3/h9-15,18,21H,6-8,16-17H2,1-5H3,(H,26,30)(H,27,31). The van der Waals surface area contributed by atoms with Gasteiger partial charge in [0.25, 0.3) is 5.91 Å². The van der Waals surface area contributed by atoms with E-state index < -0.39 is 0 Å². The molecule has 0 fully saturated rings. The molecule has 0 saturated heterocycles. The summed E-state index contributed by atoms with van der Waals surface area (Å²) in [4.78, 5) is 30.0. The van der Waals surface area contributed by atoms with Crippen molar-refractivity contribution in [1.82, 2.24) is 10.2 Å². The first-order chi connectivity index (χ1) is 14.9. The minimum absolute atomic E-state index is 0.0702. The molecule has 2 amide bonds. The third kappa shape index (κ3) is 6.82. The molecule has 0 saturated carbocycles. The van der Waals surface area contributed by atoms with E-state index >= 15 is 0 Å². The Morgan fingerprint density at radius 1 is 0.968 bits per heavy atom. The second kappa shape index (κ2) is 12.1. The Kier molecular flexibility index (Phi) is 9.53. The highest BCUT2D eigenvalue weighted by Crippen LogP contribution is 2.25. The number of benzene rings is 2. The zero-order valence-corrected chi connectivity index (χ0v) is 19.4. The maximum atomic E-state index is 12.9. The number of carbonyl (C=O) groups is 2. The summed E-state index contributed by atoms with van der Waals surface area (Å²) in [5, 5.41) is 6.01. The zero-order valence-electron chi connectivity index (χ0n) is 19.4. The molecule has 1 atom stereocenters. The molecule has 168 valence electrons. The largest absolute Gasteiger partial charge is 0.377 e. The fourth-order valence-electron chi connectivity index (χ4n) is 3.64. The summed E-state index contributed by atoms with van der Waals surface area (Å²) in [5.74, 6) is -0.442. The Labute approximate surface area is 186 Å². The SMILES string of the molecule is CCC(C(=O)Nc1ccc(N(C)C)c(C(=O)NCCN(CC)CC)c1)c1ccccc1. The Bertz CT molecular complexity index is 848. The molecule has 0 aromatic heterocycles. The average Bonchev–Trinajstić information content (AvgIpc) is 2.77. The molecular weight excluding hydrogens is 388 g/mol. The van der Waals surface area contributed by atoms with E-state index in [0.717, 1.165) is 30.9 Å². The van der Waals surface area contributed by atoms with E-state index in [1.165, 1.54) is 0 Å². The molecule has 6 nitrogen and oxygen atoms in total. The van der Waals surface area contributed by atoms with E-state index in [-0.39, 0.29) is 17.7 Å². The minimum atomic E-state index is -0.235. The Morgan fingerprint density at radius 2 is 1.65 bits per heavy atom. The van der Waals surface area contributed by atoms with Crippen molar-refractivity contribution in [3.63, 3.8) is 0 Å². The second-order valence-corrected chi connectivity index (χ2v) is 7.77. The van der Waals surface area contributed by atoms with Crippen LogP contribution >= 0.6 is 0 Å². The molecule has 31 heavy (non-hydrogen) atoms. The lowest BCUT2D eigenvalue weighted by Gasteiger charge is -2.21. The first kappa shape index (κ1) is 24.4. The maximum absolute atomic E-state index is 12.9. The highest BCUT2D eigenvalue weighted by Gasteiger charge is 2.20. The summed E-state index contributed by atoms with van der Waals surface area (Å²) >= 11 is 0. The van der Waals surface area contributed by atoms with Crippen LogP contribution < -0.4 is 15.5 Å². The van der Waals surface area contributed by atoms with Crippen LogP contribution in [0.5, 0.6) is 0 Å². The smallest absolute Gasteiger partial charge is 0.253 e. The molecule has 2 aromatic carbocycles. The van der Waals surface area contributed by atoms with Crippen molar-refractivity contribution in [2.45, 2.75) is 33.1 Å². The number of nitrogens with zero attached hydrogens (tertiary/aromatic N) is 2. The van der Waals surface area contributed by atoms with Crippen LogP contribution in [0.3, 0.4) is 0 Å². The van der Waals surface area contributed by atoms with Crippen LogP contribution in [-0.4, -0.2) is 57.0 Å². The number of likely N-dealkylation sites (N-methyl/N-ethyl adjacent to an activating group) is 1. The van der Waals surface area contributed by atoms with Crippen LogP contribution in [0.15, 0.2) is 48.5 Å². The van der Waals surface area contributed by atoms with Gasteiger partial charge in [-0.15, -0.1) is 0 Å². The average molecular weight is 425 g/mol. The summed E-state index contributed by atoms with van der Waals surface area (Å²) in [6, 6.07) is 15.2. The predicted octanol–water partition coefficient (Wildman–Crippen LogP) is 3.96. The van der Waals surface area contributed by atoms with Gasteiger partial charge >= 0.3 is 0 Å². The molecule has 0 aliphatic rings. The normalized spacial score (nSPS) is 11.8. The van der Waals surface area contributed by atoms with Crippen LogP contribution in [0.25, 0.3) is 0 Å². The molecular formula is C25H36N4O2. The van der Waals surface area contributed by atoms with Gasteiger partial charge < -0.3 is 20.4 Å². The zero-order chi connectivity index (χ0) is 22.8. The third-order valence-electron chi connectivity index (χ3n) is 5.53. The van der Waals surface area contributed by atoms with E-state index in [9.17, 15) is 9.59 Å². The maximum Gasteiger partial charge on any atom is 0.253 e. The van der Waals surface area contributed by atoms with Crippen molar-refractivity contribution in [2.75, 3.05) is 50.5 Å². The van der Waals surface area contributed by atoms with Gasteiger partial charge in [0, 0.05) is 38.6 Å². The van der Waals surface area contributed by atoms with Crippen molar-refractivity contribution >= 4 is 23.2 Å². The second-order valence-electron chi connectivity index (χ2n) is 7.77. The lowest BCUT2D eigenvalue weighted by Crippen LogP contribution is -2.35. The van der Waals surface area contributed by atoms with Crippen LogP contribution in [0.1, 0.15) is 49.0 Å². The van der Waals surface area contributed by atoms with Crippen LogP contribution in [-0.2, 0) is 4.79 Å². The molecule has 2 N–H and O–H groups in total. The van der Waals surface area contributed by atoms with Gasteiger partial charge in [0.15, 0.2) is 0 Å². The monoisotopic (exact) mass is 424 g/mol. The number of rotatable bonds is 11. The summed E-state index contributed by atoms with van der Waals surface area (Å²) < 4.78 is 0. The molecule has 0 radical (unpaired) electrons.